The molecule has 2 aromatic rings. The zero-order valence-corrected chi connectivity index (χ0v) is 13.1. The Morgan fingerprint density at radius 1 is 0.958 bits per heavy atom. The number of fused-ring (bicyclic) bond motifs is 1. The van der Waals surface area contributed by atoms with Gasteiger partial charge in [0.15, 0.2) is 29.1 Å². The Kier molecular flexibility index (Phi) is 4.13. The van der Waals surface area contributed by atoms with Crippen molar-refractivity contribution in [3.8, 4) is 28.7 Å². The number of benzene rings is 2. The molecule has 1 aliphatic heterocycles. The predicted octanol–water partition coefficient (Wildman–Crippen LogP) is 1.99. The second-order valence-corrected chi connectivity index (χ2v) is 5.47. The van der Waals surface area contributed by atoms with Crippen LogP contribution in [0, 0.1) is 0 Å². The van der Waals surface area contributed by atoms with Crippen molar-refractivity contribution in [1.82, 2.24) is 0 Å². The summed E-state index contributed by atoms with van der Waals surface area (Å²) < 4.78 is 16.5. The number of ether oxygens (including phenoxy) is 3. The van der Waals surface area contributed by atoms with Crippen molar-refractivity contribution in [3.05, 3.63) is 41.5 Å². The Labute approximate surface area is 138 Å². The number of phenolic OH excluding ortho intramolecular Hbond substituents is 3. The first kappa shape index (κ1) is 16.2. The van der Waals surface area contributed by atoms with E-state index in [0.29, 0.717) is 11.1 Å². The van der Waals surface area contributed by atoms with Gasteiger partial charge >= 0.3 is 0 Å². The number of rotatable bonds is 3. The van der Waals surface area contributed by atoms with Crippen LogP contribution in [0.25, 0.3) is 0 Å². The van der Waals surface area contributed by atoms with E-state index in [1.165, 1.54) is 38.5 Å². The van der Waals surface area contributed by atoms with Crippen LogP contribution < -0.4 is 9.47 Å². The number of aromatic hydroxyl groups is 3. The summed E-state index contributed by atoms with van der Waals surface area (Å²) in [7, 11) is 2.82. The minimum Gasteiger partial charge on any atom is -0.504 e. The Morgan fingerprint density at radius 3 is 2.29 bits per heavy atom. The van der Waals surface area contributed by atoms with E-state index in [-0.39, 0.29) is 28.7 Å². The highest BCUT2D eigenvalue weighted by atomic mass is 16.6. The molecule has 3 atom stereocenters. The first-order valence-corrected chi connectivity index (χ1v) is 7.27. The molecule has 0 spiro atoms. The molecule has 0 aromatic heterocycles. The Bertz CT molecular complexity index is 759. The zero-order chi connectivity index (χ0) is 17.4. The molecule has 1 heterocycles. The summed E-state index contributed by atoms with van der Waals surface area (Å²) in [4.78, 5) is 0. The van der Waals surface area contributed by atoms with E-state index in [0.717, 1.165) is 0 Å². The largest absolute Gasteiger partial charge is 0.504 e. The molecule has 1 aliphatic rings. The van der Waals surface area contributed by atoms with E-state index in [1.54, 1.807) is 6.07 Å². The molecule has 0 aliphatic carbocycles. The van der Waals surface area contributed by atoms with Gasteiger partial charge in [-0.25, -0.2) is 0 Å². The van der Waals surface area contributed by atoms with E-state index in [2.05, 4.69) is 0 Å². The number of aliphatic hydroxyl groups is 1. The molecule has 0 radical (unpaired) electrons. The SMILES string of the molecule is COc1c(O)ccc2c1O[C@H](c1ccc(O)c(O)c1)[C@@H](OC)[C@H]2O. The van der Waals surface area contributed by atoms with Crippen LogP contribution in [0.2, 0.25) is 0 Å². The van der Waals surface area contributed by atoms with Gasteiger partial charge in [-0.1, -0.05) is 6.07 Å². The summed E-state index contributed by atoms with van der Waals surface area (Å²) in [6.45, 7) is 0. The summed E-state index contributed by atoms with van der Waals surface area (Å²) in [5.74, 6) is -0.384. The predicted molar refractivity (Wildman–Crippen MR) is 83.6 cm³/mol. The first-order chi connectivity index (χ1) is 11.5. The molecule has 0 unspecified atom stereocenters. The maximum atomic E-state index is 10.6. The molecule has 4 N–H and O–H groups in total. The van der Waals surface area contributed by atoms with Crippen LogP contribution in [-0.4, -0.2) is 40.7 Å². The van der Waals surface area contributed by atoms with Crippen LogP contribution in [-0.2, 0) is 4.74 Å². The average Bonchev–Trinajstić information content (AvgIpc) is 2.57. The van der Waals surface area contributed by atoms with Gasteiger partial charge in [0.25, 0.3) is 0 Å². The van der Waals surface area contributed by atoms with Crippen LogP contribution in [0.4, 0.5) is 0 Å². The topological polar surface area (TPSA) is 109 Å². The second kappa shape index (κ2) is 6.10. The Morgan fingerprint density at radius 2 is 1.67 bits per heavy atom. The zero-order valence-electron chi connectivity index (χ0n) is 13.1. The molecule has 2 aromatic carbocycles. The van der Waals surface area contributed by atoms with E-state index < -0.39 is 18.3 Å². The summed E-state index contributed by atoms with van der Waals surface area (Å²) >= 11 is 0. The lowest BCUT2D eigenvalue weighted by atomic mass is 9.91. The first-order valence-electron chi connectivity index (χ1n) is 7.27. The molecule has 0 saturated carbocycles. The normalized spacial score (nSPS) is 22.5. The van der Waals surface area contributed by atoms with Crippen molar-refractivity contribution in [3.63, 3.8) is 0 Å². The average molecular weight is 334 g/mol. The van der Waals surface area contributed by atoms with Gasteiger partial charge in [-0.05, 0) is 29.8 Å². The lowest BCUT2D eigenvalue weighted by Crippen LogP contribution is -2.36. The maximum Gasteiger partial charge on any atom is 0.203 e. The number of hydrogen-bond acceptors (Lipinski definition) is 7. The molecule has 7 heteroatoms. The van der Waals surface area contributed by atoms with Gasteiger partial charge in [0.1, 0.15) is 12.2 Å². The lowest BCUT2D eigenvalue weighted by Gasteiger charge is -2.37. The van der Waals surface area contributed by atoms with Gasteiger partial charge in [-0.3, -0.25) is 0 Å². The third kappa shape index (κ3) is 2.47. The number of methoxy groups -OCH3 is 2. The van der Waals surface area contributed by atoms with Gasteiger partial charge in [0, 0.05) is 12.7 Å². The van der Waals surface area contributed by atoms with Crippen LogP contribution >= 0.6 is 0 Å². The van der Waals surface area contributed by atoms with Crippen molar-refractivity contribution in [2.24, 2.45) is 0 Å². The molecule has 0 bridgehead atoms. The number of aliphatic hydroxyl groups excluding tert-OH is 1. The monoisotopic (exact) mass is 334 g/mol. The fourth-order valence-corrected chi connectivity index (χ4v) is 2.88. The molecular weight excluding hydrogens is 316 g/mol. The van der Waals surface area contributed by atoms with Gasteiger partial charge in [0.2, 0.25) is 5.75 Å². The quantitative estimate of drug-likeness (QED) is 0.636. The number of hydrogen-bond donors (Lipinski definition) is 4. The van der Waals surface area contributed by atoms with Crippen molar-refractivity contribution in [2.45, 2.75) is 18.3 Å². The molecule has 128 valence electrons. The summed E-state index contributed by atoms with van der Waals surface area (Å²) in [5.41, 5.74) is 0.919. The van der Waals surface area contributed by atoms with Crippen LogP contribution in [0.1, 0.15) is 23.3 Å². The van der Waals surface area contributed by atoms with Crippen molar-refractivity contribution in [1.29, 1.82) is 0 Å². The highest BCUT2D eigenvalue weighted by Gasteiger charge is 2.41. The van der Waals surface area contributed by atoms with Crippen molar-refractivity contribution < 1.29 is 34.6 Å². The summed E-state index contributed by atoms with van der Waals surface area (Å²) in [6.07, 6.45) is -2.57. The maximum absolute atomic E-state index is 10.6. The molecule has 0 amide bonds. The highest BCUT2D eigenvalue weighted by molar-refractivity contribution is 5.57. The standard InChI is InChI=1S/C17H18O7/c1-22-16-11(19)6-4-9-13(21)17(23-2)14(24-15(9)16)8-3-5-10(18)12(20)7-8/h3-7,13-14,17-21H,1-2H3/t13-,14+,17-/m0/s1. The lowest BCUT2D eigenvalue weighted by molar-refractivity contribution is -0.0923. The van der Waals surface area contributed by atoms with E-state index >= 15 is 0 Å². The number of phenols is 3. The third-order valence-corrected chi connectivity index (χ3v) is 4.10. The van der Waals surface area contributed by atoms with Gasteiger partial charge < -0.3 is 34.6 Å². The fraction of sp³-hybridized carbons (Fsp3) is 0.294. The Hall–Kier alpha value is -2.64. The summed E-state index contributed by atoms with van der Waals surface area (Å²) in [6, 6.07) is 7.15. The fourth-order valence-electron chi connectivity index (χ4n) is 2.88. The summed E-state index contributed by atoms with van der Waals surface area (Å²) in [5, 5.41) is 39.7. The minimum atomic E-state index is -1.03. The highest BCUT2D eigenvalue weighted by Crippen LogP contribution is 2.50. The molecule has 0 fully saturated rings. The molecule has 7 nitrogen and oxygen atoms in total. The van der Waals surface area contributed by atoms with Crippen molar-refractivity contribution in [2.75, 3.05) is 14.2 Å². The van der Waals surface area contributed by atoms with Gasteiger partial charge in [0.05, 0.1) is 7.11 Å². The van der Waals surface area contributed by atoms with E-state index in [4.69, 9.17) is 14.2 Å². The smallest absolute Gasteiger partial charge is 0.203 e. The molecule has 3 rings (SSSR count). The van der Waals surface area contributed by atoms with Crippen LogP contribution in [0.5, 0.6) is 28.7 Å². The van der Waals surface area contributed by atoms with Gasteiger partial charge in [-0.2, -0.15) is 0 Å². The minimum absolute atomic E-state index is 0.106. The third-order valence-electron chi connectivity index (χ3n) is 4.10. The van der Waals surface area contributed by atoms with E-state index in [9.17, 15) is 20.4 Å². The molecule has 24 heavy (non-hydrogen) atoms. The van der Waals surface area contributed by atoms with Crippen LogP contribution in [0.15, 0.2) is 30.3 Å². The molecular formula is C17H18O7. The second-order valence-electron chi connectivity index (χ2n) is 5.47. The van der Waals surface area contributed by atoms with Crippen LogP contribution in [0.3, 0.4) is 0 Å². The Balaban J connectivity index is 2.11. The molecule has 0 saturated heterocycles. The van der Waals surface area contributed by atoms with Crippen molar-refractivity contribution >= 4 is 0 Å². The van der Waals surface area contributed by atoms with Gasteiger partial charge in [-0.15, -0.1) is 0 Å². The van der Waals surface area contributed by atoms with E-state index in [1.807, 2.05) is 0 Å².